The second-order valence-electron chi connectivity index (χ2n) is 12.0. The topological polar surface area (TPSA) is 18.5 Å². The summed E-state index contributed by atoms with van der Waals surface area (Å²) in [5, 5.41) is 4.85. The summed E-state index contributed by atoms with van der Waals surface area (Å²) >= 11 is 0. The van der Waals surface area contributed by atoms with E-state index < -0.39 is 0 Å². The first-order valence-electron chi connectivity index (χ1n) is 16.2. The molecule has 0 heterocycles. The van der Waals surface area contributed by atoms with Crippen molar-refractivity contribution in [2.75, 3.05) is 14.2 Å². The monoisotopic (exact) mass is 618 g/mol. The largest absolute Gasteiger partial charge is 0.497 e. The molecular weight excluding hydrogens is 585 g/mol. The van der Waals surface area contributed by atoms with Gasteiger partial charge in [-0.25, -0.2) is 0 Å². The van der Waals surface area contributed by atoms with E-state index in [2.05, 4.69) is 158 Å². The van der Waals surface area contributed by atoms with Crippen molar-refractivity contribution in [3.05, 3.63) is 170 Å². The zero-order chi connectivity index (χ0) is 32.5. The molecule has 0 aliphatic heterocycles. The fourth-order valence-corrected chi connectivity index (χ4v) is 6.84. The minimum atomic E-state index is 0.842. The van der Waals surface area contributed by atoms with Gasteiger partial charge in [0.25, 0.3) is 0 Å². The van der Waals surface area contributed by atoms with Crippen molar-refractivity contribution in [3.63, 3.8) is 0 Å². The number of hydrogen-bond donors (Lipinski definition) is 0. The van der Waals surface area contributed by atoms with Crippen molar-refractivity contribution in [2.45, 2.75) is 0 Å². The predicted octanol–water partition coefficient (Wildman–Crippen LogP) is 12.3. The Hall–Kier alpha value is -6.12. The molecule has 0 radical (unpaired) electrons. The highest BCUT2D eigenvalue weighted by molar-refractivity contribution is 6.22. The molecule has 0 spiro atoms. The Morgan fingerprint density at radius 2 is 0.583 bits per heavy atom. The highest BCUT2D eigenvalue weighted by atomic mass is 16.5. The summed E-state index contributed by atoms with van der Waals surface area (Å²) in [7, 11) is 3.42. The second kappa shape index (κ2) is 12.6. The van der Waals surface area contributed by atoms with Crippen molar-refractivity contribution in [2.24, 2.45) is 0 Å². The van der Waals surface area contributed by atoms with Crippen LogP contribution in [0.5, 0.6) is 11.5 Å². The Morgan fingerprint density at radius 3 is 1.02 bits per heavy atom. The molecule has 0 unspecified atom stereocenters. The van der Waals surface area contributed by atoms with Gasteiger partial charge < -0.3 is 9.47 Å². The molecule has 8 aromatic rings. The van der Waals surface area contributed by atoms with Crippen LogP contribution in [-0.2, 0) is 0 Å². The number of hydrogen-bond acceptors (Lipinski definition) is 2. The number of ether oxygens (including phenoxy) is 2. The van der Waals surface area contributed by atoms with Crippen molar-refractivity contribution in [1.29, 1.82) is 0 Å². The first-order chi connectivity index (χ1) is 23.7. The number of rotatable bonds is 7. The molecule has 230 valence electrons. The lowest BCUT2D eigenvalue weighted by molar-refractivity contribution is 0.415. The molecule has 0 amide bonds. The summed E-state index contributed by atoms with van der Waals surface area (Å²) in [6.45, 7) is 0. The molecule has 2 heteroatoms. The van der Waals surface area contributed by atoms with Crippen LogP contribution in [0.3, 0.4) is 0 Å². The fraction of sp³-hybridized carbons (Fsp3) is 0.0435. The van der Waals surface area contributed by atoms with Gasteiger partial charge in [-0.3, -0.25) is 0 Å². The van der Waals surface area contributed by atoms with E-state index in [4.69, 9.17) is 9.47 Å². The van der Waals surface area contributed by atoms with Gasteiger partial charge in [0.2, 0.25) is 0 Å². The molecule has 0 aromatic heterocycles. The van der Waals surface area contributed by atoms with Crippen LogP contribution in [0.4, 0.5) is 0 Å². The molecule has 0 saturated carbocycles. The summed E-state index contributed by atoms with van der Waals surface area (Å²) in [6.07, 6.45) is 0. The minimum Gasteiger partial charge on any atom is -0.497 e. The maximum Gasteiger partial charge on any atom is 0.118 e. The number of fused-ring (bicyclic) bond motifs is 2. The van der Waals surface area contributed by atoms with Crippen LogP contribution >= 0.6 is 0 Å². The van der Waals surface area contributed by atoms with Crippen LogP contribution in [0.1, 0.15) is 0 Å². The molecule has 0 saturated heterocycles. The lowest BCUT2D eigenvalue weighted by atomic mass is 9.83. The summed E-state index contributed by atoms with van der Waals surface area (Å²) in [6, 6.07) is 60.8. The van der Waals surface area contributed by atoms with E-state index in [1.165, 1.54) is 60.5 Å². The zero-order valence-corrected chi connectivity index (χ0v) is 27.0. The molecule has 0 N–H and O–H groups in total. The van der Waals surface area contributed by atoms with Crippen molar-refractivity contribution < 1.29 is 9.47 Å². The third-order valence-electron chi connectivity index (χ3n) is 9.31. The molecule has 48 heavy (non-hydrogen) atoms. The van der Waals surface area contributed by atoms with Crippen LogP contribution < -0.4 is 9.47 Å². The third kappa shape index (κ3) is 5.38. The summed E-state index contributed by atoms with van der Waals surface area (Å²) in [5.41, 5.74) is 11.9. The van der Waals surface area contributed by atoms with Gasteiger partial charge in [0.1, 0.15) is 11.5 Å². The van der Waals surface area contributed by atoms with Crippen molar-refractivity contribution in [3.8, 4) is 67.1 Å². The quantitative estimate of drug-likeness (QED) is 0.165. The van der Waals surface area contributed by atoms with Gasteiger partial charge in [-0.15, -0.1) is 0 Å². The molecule has 8 rings (SSSR count). The summed E-state index contributed by atoms with van der Waals surface area (Å²) in [4.78, 5) is 0. The average molecular weight is 619 g/mol. The van der Waals surface area contributed by atoms with E-state index in [-0.39, 0.29) is 0 Å². The highest BCUT2D eigenvalue weighted by Crippen LogP contribution is 2.46. The molecule has 0 fully saturated rings. The third-order valence-corrected chi connectivity index (χ3v) is 9.31. The number of methoxy groups -OCH3 is 2. The molecule has 0 bridgehead atoms. The maximum atomic E-state index is 5.55. The van der Waals surface area contributed by atoms with Gasteiger partial charge >= 0.3 is 0 Å². The first kappa shape index (κ1) is 29.3. The summed E-state index contributed by atoms with van der Waals surface area (Å²) in [5.74, 6) is 1.69. The Balaban J connectivity index is 1.44. The van der Waals surface area contributed by atoms with Crippen LogP contribution in [0.2, 0.25) is 0 Å². The highest BCUT2D eigenvalue weighted by Gasteiger charge is 2.19. The Morgan fingerprint density at radius 1 is 0.271 bits per heavy atom. The molecular formula is C46H34O2. The molecule has 0 aliphatic carbocycles. The van der Waals surface area contributed by atoms with E-state index in [1.807, 2.05) is 12.1 Å². The first-order valence-corrected chi connectivity index (χ1v) is 16.2. The Kier molecular flexibility index (Phi) is 7.68. The van der Waals surface area contributed by atoms with E-state index in [1.54, 1.807) is 14.2 Å². The van der Waals surface area contributed by atoms with Gasteiger partial charge in [0.15, 0.2) is 0 Å². The van der Waals surface area contributed by atoms with Gasteiger partial charge in [-0.2, -0.15) is 0 Å². The smallest absolute Gasteiger partial charge is 0.118 e. The van der Waals surface area contributed by atoms with Crippen molar-refractivity contribution in [1.82, 2.24) is 0 Å². The second-order valence-corrected chi connectivity index (χ2v) is 12.0. The van der Waals surface area contributed by atoms with Crippen LogP contribution in [0, 0.1) is 0 Å². The SMILES string of the molecule is COc1ccc(-c2ccc3c(-c4ccc(OC)cc4)c4cc(-c5ccccc5)ccc4c(-c4ccc(-c5ccccc5)cc4)c3c2)cc1. The van der Waals surface area contributed by atoms with Crippen molar-refractivity contribution >= 4 is 21.5 Å². The van der Waals surface area contributed by atoms with E-state index in [0.717, 1.165) is 28.2 Å². The fourth-order valence-electron chi connectivity index (χ4n) is 6.84. The van der Waals surface area contributed by atoms with Gasteiger partial charge in [0.05, 0.1) is 14.2 Å². The summed E-state index contributed by atoms with van der Waals surface area (Å²) < 4.78 is 11.0. The molecule has 8 aromatic carbocycles. The molecule has 0 atom stereocenters. The Labute approximate surface area is 281 Å². The van der Waals surface area contributed by atoms with Gasteiger partial charge in [0, 0.05) is 0 Å². The molecule has 0 aliphatic rings. The Bertz CT molecular complexity index is 2360. The number of benzene rings is 8. The van der Waals surface area contributed by atoms with E-state index in [0.29, 0.717) is 0 Å². The van der Waals surface area contributed by atoms with E-state index in [9.17, 15) is 0 Å². The lowest BCUT2D eigenvalue weighted by Crippen LogP contribution is -1.93. The minimum absolute atomic E-state index is 0.842. The maximum absolute atomic E-state index is 5.55. The van der Waals surface area contributed by atoms with Crippen LogP contribution in [0.15, 0.2) is 170 Å². The predicted molar refractivity (Wildman–Crippen MR) is 202 cm³/mol. The van der Waals surface area contributed by atoms with Gasteiger partial charge in [-0.1, -0.05) is 133 Å². The normalized spacial score (nSPS) is 11.1. The lowest BCUT2D eigenvalue weighted by Gasteiger charge is -2.20. The van der Waals surface area contributed by atoms with Crippen LogP contribution in [0.25, 0.3) is 77.2 Å². The molecule has 2 nitrogen and oxygen atoms in total. The zero-order valence-electron chi connectivity index (χ0n) is 27.0. The van der Waals surface area contributed by atoms with Gasteiger partial charge in [-0.05, 0) is 114 Å². The van der Waals surface area contributed by atoms with E-state index >= 15 is 0 Å². The van der Waals surface area contributed by atoms with Crippen LogP contribution in [-0.4, -0.2) is 14.2 Å². The standard InChI is InChI=1S/C46H34O2/c1-47-39-23-17-34(18-24-39)38-22-28-42-44(30-38)45(35-15-13-33(14-16-35)31-9-5-3-6-10-31)41-27-21-37(32-11-7-4-8-12-32)29-43(41)46(42)36-19-25-40(48-2)26-20-36/h3-30H,1-2H3. The average Bonchev–Trinajstić information content (AvgIpc) is 3.17.